The molecule has 0 spiro atoms. The molecule has 1 N–H and O–H groups in total. The van der Waals surface area contributed by atoms with Crippen molar-refractivity contribution in [3.05, 3.63) is 30.3 Å². The van der Waals surface area contributed by atoms with Crippen molar-refractivity contribution < 1.29 is 14.7 Å². The first-order valence-electron chi connectivity index (χ1n) is 7.47. The molecule has 0 radical (unpaired) electrons. The summed E-state index contributed by atoms with van der Waals surface area (Å²) in [6.45, 7) is 1.67. The lowest BCUT2D eigenvalue weighted by Gasteiger charge is -2.34. The second-order valence-corrected chi connectivity index (χ2v) is 5.81. The van der Waals surface area contributed by atoms with Gasteiger partial charge in [0.15, 0.2) is 0 Å². The Balaban J connectivity index is 1.77. The van der Waals surface area contributed by atoms with E-state index in [-0.39, 0.29) is 36.8 Å². The Morgan fingerprint density at radius 1 is 1.19 bits per heavy atom. The molecule has 5 nitrogen and oxygen atoms in total. The fourth-order valence-corrected chi connectivity index (χ4v) is 3.28. The minimum absolute atomic E-state index is 0.134. The van der Waals surface area contributed by atoms with Gasteiger partial charge in [-0.05, 0) is 37.4 Å². The van der Waals surface area contributed by atoms with E-state index in [2.05, 4.69) is 4.90 Å². The van der Waals surface area contributed by atoms with Crippen molar-refractivity contribution in [3.8, 4) is 0 Å². The van der Waals surface area contributed by atoms with E-state index in [1.807, 2.05) is 18.2 Å². The predicted molar refractivity (Wildman–Crippen MR) is 78.7 cm³/mol. The Bertz CT molecular complexity index is 532. The highest BCUT2D eigenvalue weighted by Gasteiger charge is 2.43. The minimum atomic E-state index is -0.368. The van der Waals surface area contributed by atoms with Crippen molar-refractivity contribution in [2.24, 2.45) is 5.92 Å². The van der Waals surface area contributed by atoms with E-state index in [0.717, 1.165) is 19.4 Å². The summed E-state index contributed by atoms with van der Waals surface area (Å²) < 4.78 is 0. The van der Waals surface area contributed by atoms with Gasteiger partial charge in [0.1, 0.15) is 0 Å². The zero-order valence-electron chi connectivity index (χ0n) is 11.9. The van der Waals surface area contributed by atoms with E-state index in [9.17, 15) is 14.7 Å². The number of para-hydroxylation sites is 1. The number of hydrogen-bond donors (Lipinski definition) is 1. The maximum absolute atomic E-state index is 12.6. The van der Waals surface area contributed by atoms with Gasteiger partial charge in [-0.2, -0.15) is 0 Å². The first-order chi connectivity index (χ1) is 10.2. The number of nitrogens with zero attached hydrogens (tertiary/aromatic N) is 2. The van der Waals surface area contributed by atoms with Gasteiger partial charge >= 0.3 is 0 Å². The van der Waals surface area contributed by atoms with Crippen LogP contribution in [0.25, 0.3) is 0 Å². The summed E-state index contributed by atoms with van der Waals surface area (Å²) in [5.74, 6) is -0.0560. The number of imide groups is 1. The number of likely N-dealkylation sites (tertiary alicyclic amines) is 1. The van der Waals surface area contributed by atoms with Crippen molar-refractivity contribution in [1.82, 2.24) is 4.90 Å². The number of hydrogen-bond acceptors (Lipinski definition) is 4. The van der Waals surface area contributed by atoms with Crippen LogP contribution in [-0.4, -0.2) is 47.6 Å². The van der Waals surface area contributed by atoms with Crippen molar-refractivity contribution >= 4 is 17.5 Å². The van der Waals surface area contributed by atoms with Crippen molar-refractivity contribution in [1.29, 1.82) is 0 Å². The van der Waals surface area contributed by atoms with Gasteiger partial charge < -0.3 is 5.11 Å². The van der Waals surface area contributed by atoms with Gasteiger partial charge in [-0.15, -0.1) is 0 Å². The van der Waals surface area contributed by atoms with Crippen LogP contribution >= 0.6 is 0 Å². The average molecular weight is 288 g/mol. The minimum Gasteiger partial charge on any atom is -0.396 e. The number of rotatable bonds is 3. The van der Waals surface area contributed by atoms with Crippen LogP contribution in [0.5, 0.6) is 0 Å². The summed E-state index contributed by atoms with van der Waals surface area (Å²) in [4.78, 5) is 28.2. The lowest BCUT2D eigenvalue weighted by Crippen LogP contribution is -2.47. The number of benzene rings is 1. The van der Waals surface area contributed by atoms with Gasteiger partial charge in [-0.1, -0.05) is 18.2 Å². The zero-order valence-corrected chi connectivity index (χ0v) is 11.9. The SMILES string of the molecule is O=C1C[C@H](N2CCC[C@@H](CO)C2)C(=O)N1c1ccccc1. The Labute approximate surface area is 124 Å². The van der Waals surface area contributed by atoms with Crippen LogP contribution in [0, 0.1) is 5.92 Å². The van der Waals surface area contributed by atoms with Gasteiger partial charge in [-0.25, -0.2) is 4.90 Å². The molecule has 2 aliphatic heterocycles. The predicted octanol–water partition coefficient (Wildman–Crippen LogP) is 1.02. The van der Waals surface area contributed by atoms with Crippen LogP contribution in [0.3, 0.4) is 0 Å². The molecule has 0 aliphatic carbocycles. The Morgan fingerprint density at radius 2 is 1.95 bits per heavy atom. The highest BCUT2D eigenvalue weighted by molar-refractivity contribution is 6.22. The molecule has 0 bridgehead atoms. The van der Waals surface area contributed by atoms with Gasteiger partial charge in [0.05, 0.1) is 18.2 Å². The second-order valence-electron chi connectivity index (χ2n) is 5.81. The quantitative estimate of drug-likeness (QED) is 0.844. The van der Waals surface area contributed by atoms with Gasteiger partial charge in [0, 0.05) is 13.2 Å². The molecule has 0 unspecified atom stereocenters. The fourth-order valence-electron chi connectivity index (χ4n) is 3.28. The van der Waals surface area contributed by atoms with E-state index in [1.54, 1.807) is 12.1 Å². The monoisotopic (exact) mass is 288 g/mol. The Kier molecular flexibility index (Phi) is 4.03. The highest BCUT2D eigenvalue weighted by atomic mass is 16.3. The highest BCUT2D eigenvalue weighted by Crippen LogP contribution is 2.28. The van der Waals surface area contributed by atoms with Crippen LogP contribution in [0.4, 0.5) is 5.69 Å². The standard InChI is InChI=1S/C16H20N2O3/c19-11-12-5-4-8-17(10-12)14-9-15(20)18(16(14)21)13-6-2-1-3-7-13/h1-3,6-7,12,14,19H,4-5,8-11H2/t12-,14+/m1/s1. The fraction of sp³-hybridized carbons (Fsp3) is 0.500. The van der Waals surface area contributed by atoms with Gasteiger partial charge in [-0.3, -0.25) is 14.5 Å². The first kappa shape index (κ1) is 14.2. The lowest BCUT2D eigenvalue weighted by molar-refractivity contribution is -0.123. The average Bonchev–Trinajstić information content (AvgIpc) is 2.83. The van der Waals surface area contributed by atoms with E-state index >= 15 is 0 Å². The van der Waals surface area contributed by atoms with E-state index in [4.69, 9.17) is 0 Å². The smallest absolute Gasteiger partial charge is 0.251 e. The zero-order chi connectivity index (χ0) is 14.8. The van der Waals surface area contributed by atoms with E-state index in [0.29, 0.717) is 12.2 Å². The number of carbonyl (C=O) groups excluding carboxylic acids is 2. The Hall–Kier alpha value is -1.72. The third-order valence-corrected chi connectivity index (χ3v) is 4.39. The number of aliphatic hydroxyl groups excluding tert-OH is 1. The molecule has 21 heavy (non-hydrogen) atoms. The molecule has 2 amide bonds. The summed E-state index contributed by atoms with van der Waals surface area (Å²) in [6, 6.07) is 8.71. The summed E-state index contributed by atoms with van der Waals surface area (Å²) in [5.41, 5.74) is 0.644. The number of anilines is 1. The summed E-state index contributed by atoms with van der Waals surface area (Å²) >= 11 is 0. The maximum Gasteiger partial charge on any atom is 0.251 e. The van der Waals surface area contributed by atoms with Crippen LogP contribution in [0.15, 0.2) is 30.3 Å². The summed E-state index contributed by atoms with van der Waals surface area (Å²) in [7, 11) is 0. The third-order valence-electron chi connectivity index (χ3n) is 4.39. The number of piperidine rings is 1. The second kappa shape index (κ2) is 5.95. The maximum atomic E-state index is 12.6. The largest absolute Gasteiger partial charge is 0.396 e. The van der Waals surface area contributed by atoms with Crippen LogP contribution in [-0.2, 0) is 9.59 Å². The van der Waals surface area contributed by atoms with Crippen LogP contribution < -0.4 is 4.90 Å². The molecule has 5 heteroatoms. The number of carbonyl (C=O) groups is 2. The number of aliphatic hydroxyl groups is 1. The molecule has 2 fully saturated rings. The van der Waals surface area contributed by atoms with Crippen molar-refractivity contribution in [2.75, 3.05) is 24.6 Å². The summed E-state index contributed by atoms with van der Waals surface area (Å²) in [5, 5.41) is 9.31. The molecule has 2 aliphatic rings. The van der Waals surface area contributed by atoms with Crippen molar-refractivity contribution in [3.63, 3.8) is 0 Å². The molecular weight excluding hydrogens is 268 g/mol. The molecule has 112 valence electrons. The molecule has 2 heterocycles. The molecule has 2 saturated heterocycles. The number of amides is 2. The molecule has 0 saturated carbocycles. The first-order valence-corrected chi connectivity index (χ1v) is 7.47. The van der Waals surface area contributed by atoms with Crippen molar-refractivity contribution in [2.45, 2.75) is 25.3 Å². The van der Waals surface area contributed by atoms with E-state index < -0.39 is 0 Å². The molecule has 1 aromatic carbocycles. The molecule has 1 aromatic rings. The topological polar surface area (TPSA) is 60.9 Å². The molecule has 2 atom stereocenters. The normalized spacial score (nSPS) is 27.4. The molecule has 3 rings (SSSR count). The molecule has 0 aromatic heterocycles. The van der Waals surface area contributed by atoms with Gasteiger partial charge in [0.2, 0.25) is 5.91 Å². The molecular formula is C16H20N2O3. The summed E-state index contributed by atoms with van der Waals surface area (Å²) in [6.07, 6.45) is 2.20. The van der Waals surface area contributed by atoms with E-state index in [1.165, 1.54) is 4.90 Å². The Morgan fingerprint density at radius 3 is 2.67 bits per heavy atom. The van der Waals surface area contributed by atoms with Crippen LogP contribution in [0.1, 0.15) is 19.3 Å². The van der Waals surface area contributed by atoms with Crippen LogP contribution in [0.2, 0.25) is 0 Å². The third kappa shape index (κ3) is 2.71. The lowest BCUT2D eigenvalue weighted by atomic mass is 9.97. The van der Waals surface area contributed by atoms with Gasteiger partial charge in [0.25, 0.3) is 5.91 Å².